The lowest BCUT2D eigenvalue weighted by Crippen LogP contribution is -2.23. The van der Waals surface area contributed by atoms with E-state index in [4.69, 9.17) is 11.6 Å². The minimum Gasteiger partial charge on any atom is -0.206 e. The summed E-state index contributed by atoms with van der Waals surface area (Å²) in [6.07, 6.45) is 19.6. The highest BCUT2D eigenvalue weighted by atomic mass is 35.5. The molecule has 2 heteroatoms. The van der Waals surface area contributed by atoms with E-state index < -0.39 is 0 Å². The van der Waals surface area contributed by atoms with Crippen molar-refractivity contribution in [1.82, 2.24) is 0 Å². The molecule has 1 unspecified atom stereocenters. The van der Waals surface area contributed by atoms with Crippen molar-refractivity contribution < 1.29 is 4.39 Å². The molecule has 0 N–H and O–H groups in total. The van der Waals surface area contributed by atoms with Crippen LogP contribution in [0.15, 0.2) is 66.8 Å². The van der Waals surface area contributed by atoms with Crippen LogP contribution in [0.3, 0.4) is 0 Å². The average Bonchev–Trinajstić information content (AvgIpc) is 2.84. The Labute approximate surface area is 205 Å². The number of halogens is 2. The summed E-state index contributed by atoms with van der Waals surface area (Å²) < 4.78 is 14.1. The number of hydrogen-bond acceptors (Lipinski definition) is 0. The van der Waals surface area contributed by atoms with Crippen molar-refractivity contribution >= 4 is 17.2 Å². The second-order valence-electron chi connectivity index (χ2n) is 10.2. The smallest absolute Gasteiger partial charge is 0.131 e. The summed E-state index contributed by atoms with van der Waals surface area (Å²) in [7, 11) is 0. The predicted molar refractivity (Wildman–Crippen MR) is 140 cm³/mol. The summed E-state index contributed by atoms with van der Waals surface area (Å²) in [5.41, 5.74) is 4.58. The second-order valence-corrected chi connectivity index (χ2v) is 11.0. The third-order valence-corrected chi connectivity index (χ3v) is 8.21. The largest absolute Gasteiger partial charge is 0.206 e. The zero-order valence-corrected chi connectivity index (χ0v) is 20.8. The molecule has 0 saturated heterocycles. The zero-order valence-electron chi connectivity index (χ0n) is 20.0. The molecule has 0 radical (unpaired) electrons. The van der Waals surface area contributed by atoms with Crippen LogP contribution in [0.5, 0.6) is 0 Å². The summed E-state index contributed by atoms with van der Waals surface area (Å²) in [5, 5.41) is 0. The molecule has 1 saturated carbocycles. The van der Waals surface area contributed by atoms with Crippen molar-refractivity contribution in [1.29, 1.82) is 0 Å². The monoisotopic (exact) mass is 464 g/mol. The molecule has 0 nitrogen and oxygen atoms in total. The maximum absolute atomic E-state index is 14.1. The van der Waals surface area contributed by atoms with Gasteiger partial charge in [-0.05, 0) is 73.1 Å². The predicted octanol–water partition coefficient (Wildman–Crippen LogP) is 9.32. The summed E-state index contributed by atoms with van der Waals surface area (Å²) in [6.45, 7) is 2.24. The van der Waals surface area contributed by atoms with E-state index in [0.29, 0.717) is 5.56 Å². The van der Waals surface area contributed by atoms with Crippen LogP contribution in [0.2, 0.25) is 0 Å². The van der Waals surface area contributed by atoms with E-state index in [1.165, 1.54) is 75.0 Å². The average molecular weight is 465 g/mol. The minimum atomic E-state index is -0.310. The van der Waals surface area contributed by atoms with E-state index in [2.05, 4.69) is 43.3 Å². The fraction of sp³-hybridized carbons (Fsp3) is 0.484. The molecular weight excluding hydrogens is 427 g/mol. The fourth-order valence-electron chi connectivity index (χ4n) is 5.52. The molecule has 2 aromatic rings. The van der Waals surface area contributed by atoms with Crippen LogP contribution in [0.25, 0.3) is 5.57 Å². The Balaban J connectivity index is 1.18. The number of rotatable bonds is 9. The molecule has 176 valence electrons. The van der Waals surface area contributed by atoms with Crippen LogP contribution in [0, 0.1) is 17.7 Å². The number of hydrogen-bond donors (Lipinski definition) is 0. The number of allylic oxidation sites excluding steroid dienone is 4. The molecular formula is C31H38ClF. The van der Waals surface area contributed by atoms with Crippen molar-refractivity contribution in [3.63, 3.8) is 0 Å². The van der Waals surface area contributed by atoms with E-state index in [9.17, 15) is 4.39 Å². The van der Waals surface area contributed by atoms with Gasteiger partial charge < -0.3 is 0 Å². The molecule has 0 aromatic heterocycles. The van der Waals surface area contributed by atoms with Gasteiger partial charge in [0.2, 0.25) is 0 Å². The summed E-state index contributed by atoms with van der Waals surface area (Å²) in [5.74, 6) is 1.51. The summed E-state index contributed by atoms with van der Waals surface area (Å²) in [6, 6.07) is 16.3. The van der Waals surface area contributed by atoms with Gasteiger partial charge in [-0.1, -0.05) is 99.7 Å². The van der Waals surface area contributed by atoms with E-state index in [-0.39, 0.29) is 10.7 Å². The van der Waals surface area contributed by atoms with Crippen LogP contribution in [0.4, 0.5) is 4.39 Å². The van der Waals surface area contributed by atoms with E-state index in [1.807, 2.05) is 18.2 Å². The quantitative estimate of drug-likeness (QED) is 0.324. The van der Waals surface area contributed by atoms with Gasteiger partial charge in [-0.25, -0.2) is 4.39 Å². The van der Waals surface area contributed by atoms with Crippen molar-refractivity contribution in [2.75, 3.05) is 0 Å². The van der Waals surface area contributed by atoms with E-state index in [1.54, 1.807) is 6.07 Å². The highest BCUT2D eigenvalue weighted by Crippen LogP contribution is 2.40. The number of alkyl halides is 1. The Morgan fingerprint density at radius 3 is 2.12 bits per heavy atom. The third kappa shape index (κ3) is 6.82. The molecule has 0 amide bonds. The molecule has 33 heavy (non-hydrogen) atoms. The van der Waals surface area contributed by atoms with Crippen LogP contribution in [-0.2, 0) is 12.8 Å². The number of aryl methyl sites for hydroxylation is 2. The molecule has 4 rings (SSSR count). The highest BCUT2D eigenvalue weighted by Gasteiger charge is 2.29. The van der Waals surface area contributed by atoms with Gasteiger partial charge in [0.05, 0.1) is 4.87 Å². The molecule has 2 aromatic carbocycles. The Hall–Kier alpha value is -1.86. The van der Waals surface area contributed by atoms with Gasteiger partial charge in [-0.15, -0.1) is 11.6 Å². The molecule has 1 fully saturated rings. The van der Waals surface area contributed by atoms with Crippen LogP contribution >= 0.6 is 11.6 Å². The standard InChI is InChI=1S/C31H38ClF/c1-2-5-24-8-10-25(11-9-24)12-13-26-14-16-27(17-15-26)18-21-31(32)22-19-28(20-23-31)29-6-3-4-7-30(29)33/h3-4,6-11,19-20,22,26-27H,2,5,12-18,21,23H2,1H3. The normalized spacial score (nSPS) is 25.1. The lowest BCUT2D eigenvalue weighted by Gasteiger charge is -2.32. The Morgan fingerprint density at radius 1 is 0.879 bits per heavy atom. The first-order valence-corrected chi connectivity index (χ1v) is 13.3. The van der Waals surface area contributed by atoms with Gasteiger partial charge in [0.25, 0.3) is 0 Å². The topological polar surface area (TPSA) is 0 Å². The molecule has 2 aliphatic carbocycles. The van der Waals surface area contributed by atoms with Crippen molar-refractivity contribution in [2.24, 2.45) is 11.8 Å². The van der Waals surface area contributed by atoms with E-state index >= 15 is 0 Å². The molecule has 0 bridgehead atoms. The molecule has 2 aliphatic rings. The summed E-state index contributed by atoms with van der Waals surface area (Å²) >= 11 is 6.94. The van der Waals surface area contributed by atoms with Crippen LogP contribution < -0.4 is 0 Å². The fourth-order valence-corrected chi connectivity index (χ4v) is 5.77. The van der Waals surface area contributed by atoms with Gasteiger partial charge in [0.15, 0.2) is 0 Å². The Bertz CT molecular complexity index is 949. The Morgan fingerprint density at radius 2 is 1.52 bits per heavy atom. The highest BCUT2D eigenvalue weighted by molar-refractivity contribution is 6.25. The van der Waals surface area contributed by atoms with Gasteiger partial charge in [0, 0.05) is 5.56 Å². The molecule has 0 aliphatic heterocycles. The third-order valence-electron chi connectivity index (χ3n) is 7.75. The first-order valence-electron chi connectivity index (χ1n) is 13.0. The lowest BCUT2D eigenvalue weighted by molar-refractivity contribution is 0.246. The van der Waals surface area contributed by atoms with Crippen molar-refractivity contribution in [3.8, 4) is 0 Å². The second kappa shape index (κ2) is 11.5. The van der Waals surface area contributed by atoms with Gasteiger partial charge in [-0.2, -0.15) is 0 Å². The minimum absolute atomic E-state index is 0.166. The summed E-state index contributed by atoms with van der Waals surface area (Å²) in [4.78, 5) is -0.310. The van der Waals surface area contributed by atoms with Crippen LogP contribution in [0.1, 0.15) is 81.4 Å². The first-order chi connectivity index (χ1) is 16.0. The van der Waals surface area contributed by atoms with Gasteiger partial charge >= 0.3 is 0 Å². The van der Waals surface area contributed by atoms with Crippen molar-refractivity contribution in [3.05, 3.63) is 89.3 Å². The van der Waals surface area contributed by atoms with E-state index in [0.717, 1.165) is 30.3 Å². The zero-order chi connectivity index (χ0) is 23.1. The maximum Gasteiger partial charge on any atom is 0.131 e. The first kappa shape index (κ1) is 24.3. The number of benzene rings is 2. The van der Waals surface area contributed by atoms with Crippen LogP contribution in [-0.4, -0.2) is 4.87 Å². The van der Waals surface area contributed by atoms with Gasteiger partial charge in [-0.3, -0.25) is 0 Å². The Kier molecular flexibility index (Phi) is 8.47. The maximum atomic E-state index is 14.1. The lowest BCUT2D eigenvalue weighted by atomic mass is 9.76. The SMILES string of the molecule is CCCc1ccc(CCC2CCC(CCC3(Cl)C=CC(c4ccccc4F)=CC3)CC2)cc1. The van der Waals surface area contributed by atoms with Crippen molar-refractivity contribution in [2.45, 2.75) is 82.4 Å². The molecule has 0 heterocycles. The van der Waals surface area contributed by atoms with Gasteiger partial charge in [0.1, 0.15) is 5.82 Å². The molecule has 0 spiro atoms. The molecule has 1 atom stereocenters.